The summed E-state index contributed by atoms with van der Waals surface area (Å²) in [5, 5.41) is 20.5. The molecule has 0 spiro atoms. The number of carbonyl (C=O) groups is 3. The van der Waals surface area contributed by atoms with Gasteiger partial charge in [0.15, 0.2) is 6.10 Å². The molecule has 0 aromatic rings. The van der Waals surface area contributed by atoms with Crippen molar-refractivity contribution in [2.45, 2.75) is 257 Å². The van der Waals surface area contributed by atoms with Crippen LogP contribution in [0.5, 0.6) is 0 Å². The first-order valence-electron chi connectivity index (χ1n) is 32.8. The standard InChI is InChI=1S/C69H116O16P2/c1-4-7-10-13-16-19-22-25-28-29-30-31-32-33-36-38-40-43-46-49-52-55-67(72)79-58-64(70)59-81-86(75,76)82-60-65(71)61-83-87(77,78)84-63-66(85-69(74)57-54-51-48-45-42-39-35-27-24-21-18-15-12-9-6-3)62-80-68(73)56-53-50-47-44-41-37-34-26-23-20-17-14-11-8-5-2/h7,10,16-21,25-28,30-31,33-36,40,43,64-66,70-71H,4-6,8-9,11-15,22-24,29,32,37-39,41-42,44-63H2,1-3H3,(H,75,76)(H,77,78)/b10-7-,19-16-,20-17-,21-18-,28-25-,31-30-,34-26-,35-27-,36-33-,43-40-. The number of aliphatic hydroxyl groups excluding tert-OH is 2. The van der Waals surface area contributed by atoms with Gasteiger partial charge in [0.05, 0.1) is 26.4 Å². The molecule has 0 fully saturated rings. The second kappa shape index (κ2) is 62.2. The number of allylic oxidation sites excluding steroid dienone is 20. The number of rotatable bonds is 61. The van der Waals surface area contributed by atoms with Crippen LogP contribution in [0.15, 0.2) is 122 Å². The molecular formula is C69H116O16P2. The Morgan fingerprint density at radius 1 is 0.333 bits per heavy atom. The lowest BCUT2D eigenvalue weighted by Crippen LogP contribution is -2.30. The lowest BCUT2D eigenvalue weighted by atomic mass is 10.1. The van der Waals surface area contributed by atoms with Gasteiger partial charge >= 0.3 is 33.6 Å². The summed E-state index contributed by atoms with van der Waals surface area (Å²) >= 11 is 0. The zero-order chi connectivity index (χ0) is 63.8. The first kappa shape index (κ1) is 83.0. The maximum Gasteiger partial charge on any atom is 0.472 e. The minimum absolute atomic E-state index is 0.0819. The number of phosphoric ester groups is 2. The normalized spacial score (nSPS) is 15.1. The van der Waals surface area contributed by atoms with Crippen molar-refractivity contribution in [3.05, 3.63) is 122 Å². The van der Waals surface area contributed by atoms with Crippen LogP contribution in [0, 0.1) is 0 Å². The molecule has 0 aliphatic rings. The van der Waals surface area contributed by atoms with Crippen molar-refractivity contribution in [3.63, 3.8) is 0 Å². The molecule has 18 heteroatoms. The van der Waals surface area contributed by atoms with E-state index in [9.17, 15) is 43.5 Å². The Kier molecular flexibility index (Phi) is 59.3. The highest BCUT2D eigenvalue weighted by Gasteiger charge is 2.29. The molecule has 0 heterocycles. The lowest BCUT2D eigenvalue weighted by Gasteiger charge is -2.21. The molecule has 16 nitrogen and oxygen atoms in total. The number of esters is 3. The van der Waals surface area contributed by atoms with E-state index >= 15 is 0 Å². The van der Waals surface area contributed by atoms with Crippen molar-refractivity contribution in [3.8, 4) is 0 Å². The molecule has 0 rings (SSSR count). The van der Waals surface area contributed by atoms with E-state index in [1.165, 1.54) is 38.5 Å². The van der Waals surface area contributed by atoms with E-state index in [0.717, 1.165) is 141 Å². The van der Waals surface area contributed by atoms with Crippen LogP contribution in [-0.2, 0) is 55.8 Å². The van der Waals surface area contributed by atoms with E-state index in [1.54, 1.807) is 0 Å². The molecule has 0 saturated carbocycles. The van der Waals surface area contributed by atoms with Gasteiger partial charge in [0.25, 0.3) is 0 Å². The van der Waals surface area contributed by atoms with Crippen LogP contribution in [0.1, 0.15) is 239 Å². The van der Waals surface area contributed by atoms with Crippen LogP contribution in [0.3, 0.4) is 0 Å². The fourth-order valence-corrected chi connectivity index (χ4v) is 9.69. The molecule has 498 valence electrons. The fourth-order valence-electron chi connectivity index (χ4n) is 8.10. The molecule has 0 radical (unpaired) electrons. The summed E-state index contributed by atoms with van der Waals surface area (Å²) < 4.78 is 60.7. The predicted molar refractivity (Wildman–Crippen MR) is 353 cm³/mol. The third kappa shape index (κ3) is 63.3. The molecule has 0 saturated heterocycles. The molecule has 0 aliphatic heterocycles. The molecule has 0 aliphatic carbocycles. The highest BCUT2D eigenvalue weighted by molar-refractivity contribution is 7.47. The van der Waals surface area contributed by atoms with Crippen molar-refractivity contribution in [1.82, 2.24) is 0 Å². The number of hydrogen-bond acceptors (Lipinski definition) is 14. The fraction of sp³-hybridized carbons (Fsp3) is 0.667. The number of aliphatic hydroxyl groups is 2. The molecule has 0 aromatic heterocycles. The molecular weight excluding hydrogens is 1150 g/mol. The van der Waals surface area contributed by atoms with Gasteiger partial charge in [0.1, 0.15) is 25.4 Å². The van der Waals surface area contributed by atoms with E-state index < -0.39 is 91.5 Å². The largest absolute Gasteiger partial charge is 0.472 e. The zero-order valence-electron chi connectivity index (χ0n) is 53.6. The molecule has 0 bridgehead atoms. The van der Waals surface area contributed by atoms with Gasteiger partial charge in [-0.15, -0.1) is 0 Å². The first-order chi connectivity index (χ1) is 42.2. The summed E-state index contributed by atoms with van der Waals surface area (Å²) in [6.45, 7) is 2.39. The van der Waals surface area contributed by atoms with Crippen LogP contribution in [0.2, 0.25) is 0 Å². The number of ether oxygens (including phenoxy) is 3. The van der Waals surface area contributed by atoms with Gasteiger partial charge in [0.2, 0.25) is 0 Å². The summed E-state index contributed by atoms with van der Waals surface area (Å²) in [6, 6.07) is 0. The van der Waals surface area contributed by atoms with Crippen molar-refractivity contribution in [2.24, 2.45) is 0 Å². The van der Waals surface area contributed by atoms with Gasteiger partial charge in [-0.3, -0.25) is 32.5 Å². The van der Waals surface area contributed by atoms with Crippen LogP contribution in [-0.4, -0.2) is 95.9 Å². The number of phosphoric acid groups is 2. The van der Waals surface area contributed by atoms with E-state index in [1.807, 2.05) is 0 Å². The van der Waals surface area contributed by atoms with Crippen molar-refractivity contribution in [2.75, 3.05) is 39.6 Å². The van der Waals surface area contributed by atoms with Gasteiger partial charge in [-0.1, -0.05) is 206 Å². The second-order valence-electron chi connectivity index (χ2n) is 21.5. The Labute approximate surface area is 525 Å². The molecule has 87 heavy (non-hydrogen) atoms. The number of unbranched alkanes of at least 4 members (excludes halogenated alkanes) is 18. The number of hydrogen-bond donors (Lipinski definition) is 4. The topological polar surface area (TPSA) is 231 Å². The highest BCUT2D eigenvalue weighted by Crippen LogP contribution is 2.45. The van der Waals surface area contributed by atoms with E-state index in [2.05, 4.69) is 142 Å². The quantitative estimate of drug-likeness (QED) is 0.0146. The zero-order valence-corrected chi connectivity index (χ0v) is 55.4. The summed E-state index contributed by atoms with van der Waals surface area (Å²) in [5.74, 6) is -1.65. The predicted octanol–water partition coefficient (Wildman–Crippen LogP) is 17.9. The second-order valence-corrected chi connectivity index (χ2v) is 24.4. The van der Waals surface area contributed by atoms with E-state index in [0.29, 0.717) is 19.3 Å². The Morgan fingerprint density at radius 2 is 0.609 bits per heavy atom. The van der Waals surface area contributed by atoms with Crippen LogP contribution in [0.4, 0.5) is 0 Å². The Balaban J connectivity index is 4.72. The maximum atomic E-state index is 12.9. The highest BCUT2D eigenvalue weighted by atomic mass is 31.2. The molecule has 4 N–H and O–H groups in total. The van der Waals surface area contributed by atoms with Crippen LogP contribution < -0.4 is 0 Å². The monoisotopic (exact) mass is 1260 g/mol. The average Bonchev–Trinajstić information content (AvgIpc) is 3.68. The minimum atomic E-state index is -4.93. The smallest absolute Gasteiger partial charge is 0.463 e. The minimum Gasteiger partial charge on any atom is -0.463 e. The third-order valence-electron chi connectivity index (χ3n) is 13.1. The van der Waals surface area contributed by atoms with Gasteiger partial charge in [-0.2, -0.15) is 0 Å². The Bertz CT molecular complexity index is 2070. The van der Waals surface area contributed by atoms with Crippen molar-refractivity contribution >= 4 is 33.6 Å². The van der Waals surface area contributed by atoms with E-state index in [-0.39, 0.29) is 19.3 Å². The Morgan fingerprint density at radius 3 is 0.989 bits per heavy atom. The summed E-state index contributed by atoms with van der Waals surface area (Å²) in [6.07, 6.45) is 69.7. The van der Waals surface area contributed by atoms with Gasteiger partial charge in [-0.05, 0) is 135 Å². The van der Waals surface area contributed by atoms with Crippen molar-refractivity contribution < 1.29 is 75.8 Å². The Hall–Kier alpha value is -4.05. The third-order valence-corrected chi connectivity index (χ3v) is 15.0. The van der Waals surface area contributed by atoms with Gasteiger partial charge in [0, 0.05) is 19.3 Å². The van der Waals surface area contributed by atoms with Crippen molar-refractivity contribution in [1.29, 1.82) is 0 Å². The molecule has 0 aromatic carbocycles. The average molecular weight is 1260 g/mol. The van der Waals surface area contributed by atoms with Crippen LogP contribution >= 0.6 is 15.6 Å². The molecule has 5 atom stereocenters. The molecule has 0 amide bonds. The molecule has 5 unspecified atom stereocenters. The maximum absolute atomic E-state index is 12.9. The SMILES string of the molecule is CC/C=C\C/C=C\C/C=C\C/C=C\C/C=C\C/C=C\CCCCC(=O)OCC(O)COP(=O)(O)OCC(O)COP(=O)(O)OCC(COC(=O)CCCCCCC/C=C\C/C=C\CCCCC)OC(=O)CCCCCCC/C=C\C/C=C\CCCCC. The lowest BCUT2D eigenvalue weighted by molar-refractivity contribution is -0.161. The summed E-state index contributed by atoms with van der Waals surface area (Å²) in [7, 11) is -9.80. The summed E-state index contributed by atoms with van der Waals surface area (Å²) in [5.41, 5.74) is 0. The van der Waals surface area contributed by atoms with Gasteiger partial charge in [-0.25, -0.2) is 9.13 Å². The van der Waals surface area contributed by atoms with Crippen LogP contribution in [0.25, 0.3) is 0 Å². The first-order valence-corrected chi connectivity index (χ1v) is 35.8. The number of carbonyl (C=O) groups excluding carboxylic acids is 3. The van der Waals surface area contributed by atoms with Gasteiger partial charge < -0.3 is 34.2 Å². The summed E-state index contributed by atoms with van der Waals surface area (Å²) in [4.78, 5) is 58.3. The van der Waals surface area contributed by atoms with E-state index in [4.69, 9.17) is 32.3 Å².